The number of aliphatic carboxylic acids is 1. The maximum Gasteiger partial charge on any atom is 0.394 e. The van der Waals surface area contributed by atoms with Gasteiger partial charge in [0.1, 0.15) is 0 Å². The zero-order valence-corrected chi connectivity index (χ0v) is 11.7. The van der Waals surface area contributed by atoms with Gasteiger partial charge in [0.15, 0.2) is 0 Å². The van der Waals surface area contributed by atoms with E-state index in [1.54, 1.807) is 0 Å². The lowest BCUT2D eigenvalue weighted by molar-refractivity contribution is -0.187. The smallest absolute Gasteiger partial charge is 0.394 e. The molecule has 2 rings (SSSR count). The molecule has 0 radical (unpaired) electrons. The highest BCUT2D eigenvalue weighted by atomic mass is 19.4. The molecule has 1 saturated carbocycles. The van der Waals surface area contributed by atoms with E-state index in [4.69, 9.17) is 5.11 Å². The Morgan fingerprint density at radius 2 is 1.95 bits per heavy atom. The number of hydrogen-bond donors (Lipinski definition) is 2. The summed E-state index contributed by atoms with van der Waals surface area (Å²) in [7, 11) is 0. The van der Waals surface area contributed by atoms with Crippen molar-refractivity contribution in [2.45, 2.75) is 25.9 Å². The number of urea groups is 1. The first-order valence-electron chi connectivity index (χ1n) is 7.06. The molecule has 0 aromatic carbocycles. The summed E-state index contributed by atoms with van der Waals surface area (Å²) in [5.74, 6) is -4.11. The lowest BCUT2D eigenvalue weighted by atomic mass is 9.96. The van der Waals surface area contributed by atoms with Crippen LogP contribution in [0.1, 0.15) is 19.8 Å². The van der Waals surface area contributed by atoms with Crippen molar-refractivity contribution in [2.75, 3.05) is 19.6 Å². The number of carboxylic acid groups (broad SMARTS) is 1. The molecule has 4 atom stereocenters. The van der Waals surface area contributed by atoms with Gasteiger partial charge >= 0.3 is 18.2 Å². The van der Waals surface area contributed by atoms with Crippen molar-refractivity contribution in [1.82, 2.24) is 10.2 Å². The number of halogens is 3. The monoisotopic (exact) mass is 308 g/mol. The number of alkyl halides is 3. The summed E-state index contributed by atoms with van der Waals surface area (Å²) in [6.45, 7) is 1.52. The third-order valence-electron chi connectivity index (χ3n) is 4.45. The fourth-order valence-electron chi connectivity index (χ4n) is 2.94. The van der Waals surface area contributed by atoms with Gasteiger partial charge in [-0.15, -0.1) is 0 Å². The van der Waals surface area contributed by atoms with Crippen molar-refractivity contribution in [1.29, 1.82) is 0 Å². The van der Waals surface area contributed by atoms with Crippen LogP contribution in [0, 0.1) is 23.7 Å². The van der Waals surface area contributed by atoms with Crippen molar-refractivity contribution in [2.24, 2.45) is 23.7 Å². The highest BCUT2D eigenvalue weighted by molar-refractivity contribution is 5.77. The number of nitrogens with one attached hydrogen (secondary N) is 1. The molecule has 5 nitrogen and oxygen atoms in total. The number of rotatable bonds is 4. The second kappa shape index (κ2) is 5.73. The van der Waals surface area contributed by atoms with Gasteiger partial charge in [0.05, 0.1) is 11.8 Å². The molecule has 0 unspecified atom stereocenters. The van der Waals surface area contributed by atoms with Crippen LogP contribution in [-0.4, -0.2) is 47.8 Å². The number of carboxylic acids is 1. The number of hydrogen-bond acceptors (Lipinski definition) is 2. The van der Waals surface area contributed by atoms with E-state index < -0.39 is 43.1 Å². The van der Waals surface area contributed by atoms with Crippen molar-refractivity contribution in [3.05, 3.63) is 0 Å². The Labute approximate surface area is 120 Å². The largest absolute Gasteiger partial charge is 0.481 e. The summed E-state index contributed by atoms with van der Waals surface area (Å²) in [6.07, 6.45) is -2.55. The number of likely N-dealkylation sites (tertiary alicyclic amines) is 1. The Kier molecular flexibility index (Phi) is 4.34. The highest BCUT2D eigenvalue weighted by Crippen LogP contribution is 2.40. The first-order chi connectivity index (χ1) is 9.74. The average molecular weight is 308 g/mol. The van der Waals surface area contributed by atoms with Gasteiger partial charge in [-0.2, -0.15) is 13.2 Å². The standard InChI is InChI=1S/C13H19F3N2O3/c1-2-7-3-8(7)4-17-12(21)18-5-9(11(19)20)10(6-18)13(14,15)16/h7-10H,2-6H2,1H3,(H,17,21)(H,19,20)/t7-,8+,9-,10-/m1/s1. The molecule has 0 aromatic rings. The normalized spacial score (nSPS) is 32.1. The summed E-state index contributed by atoms with van der Waals surface area (Å²) >= 11 is 0. The zero-order valence-electron chi connectivity index (χ0n) is 11.7. The van der Waals surface area contributed by atoms with Gasteiger partial charge in [0.2, 0.25) is 0 Å². The first kappa shape index (κ1) is 15.9. The van der Waals surface area contributed by atoms with Crippen LogP contribution in [0.5, 0.6) is 0 Å². The molecule has 21 heavy (non-hydrogen) atoms. The zero-order chi connectivity index (χ0) is 15.8. The molecular formula is C13H19F3N2O3. The fourth-order valence-corrected chi connectivity index (χ4v) is 2.94. The molecule has 120 valence electrons. The third-order valence-corrected chi connectivity index (χ3v) is 4.45. The van der Waals surface area contributed by atoms with Crippen LogP contribution in [-0.2, 0) is 4.79 Å². The summed E-state index contributed by atoms with van der Waals surface area (Å²) in [6, 6.07) is -0.602. The SMILES string of the molecule is CC[C@@H]1C[C@H]1CNC(=O)N1C[C@@H](C(F)(F)F)[C@H](C(=O)O)C1. The highest BCUT2D eigenvalue weighted by Gasteiger charge is 2.53. The van der Waals surface area contributed by atoms with Gasteiger partial charge in [0.25, 0.3) is 0 Å². The molecule has 1 heterocycles. The Morgan fingerprint density at radius 1 is 1.29 bits per heavy atom. The van der Waals surface area contributed by atoms with Crippen molar-refractivity contribution < 1.29 is 27.9 Å². The van der Waals surface area contributed by atoms with Gasteiger partial charge < -0.3 is 15.3 Å². The summed E-state index contributed by atoms with van der Waals surface area (Å²) in [4.78, 5) is 23.8. The molecule has 0 bridgehead atoms. The van der Waals surface area contributed by atoms with Crippen LogP contribution < -0.4 is 5.32 Å². The van der Waals surface area contributed by atoms with Gasteiger partial charge in [-0.05, 0) is 18.3 Å². The van der Waals surface area contributed by atoms with Crippen molar-refractivity contribution in [3.8, 4) is 0 Å². The number of carbonyl (C=O) groups excluding carboxylic acids is 1. The summed E-state index contributed by atoms with van der Waals surface area (Å²) in [5, 5.41) is 11.5. The molecule has 8 heteroatoms. The minimum absolute atomic E-state index is 0.396. The predicted octanol–water partition coefficient (Wildman–Crippen LogP) is 1.94. The van der Waals surface area contributed by atoms with Gasteiger partial charge in [-0.3, -0.25) is 4.79 Å². The van der Waals surface area contributed by atoms with Gasteiger partial charge in [0, 0.05) is 19.6 Å². The molecule has 0 spiro atoms. The van der Waals surface area contributed by atoms with E-state index in [0.29, 0.717) is 18.4 Å². The molecule has 1 aliphatic carbocycles. The predicted molar refractivity (Wildman–Crippen MR) is 67.5 cm³/mol. The minimum atomic E-state index is -4.61. The summed E-state index contributed by atoms with van der Waals surface area (Å²) < 4.78 is 38.4. The van der Waals surface area contributed by atoms with E-state index >= 15 is 0 Å². The average Bonchev–Trinajstić information content (AvgIpc) is 2.98. The number of nitrogens with zero attached hydrogens (tertiary/aromatic N) is 1. The van der Waals surface area contributed by atoms with E-state index in [2.05, 4.69) is 12.2 Å². The lowest BCUT2D eigenvalue weighted by Gasteiger charge is -2.18. The topological polar surface area (TPSA) is 69.6 Å². The van der Waals surface area contributed by atoms with E-state index in [-0.39, 0.29) is 0 Å². The molecule has 2 N–H and O–H groups in total. The molecule has 2 amide bonds. The maximum absolute atomic E-state index is 12.8. The lowest BCUT2D eigenvalue weighted by Crippen LogP contribution is -2.40. The maximum atomic E-state index is 12.8. The Morgan fingerprint density at radius 3 is 2.38 bits per heavy atom. The van der Waals surface area contributed by atoms with Crippen molar-refractivity contribution in [3.63, 3.8) is 0 Å². The van der Waals surface area contributed by atoms with Gasteiger partial charge in [-0.1, -0.05) is 13.3 Å². The van der Waals surface area contributed by atoms with Crippen molar-refractivity contribution >= 4 is 12.0 Å². The van der Waals surface area contributed by atoms with E-state index in [9.17, 15) is 22.8 Å². The Bertz CT molecular complexity index is 427. The molecule has 2 fully saturated rings. The number of carbonyl (C=O) groups is 2. The van der Waals surface area contributed by atoms with Crippen LogP contribution in [0.3, 0.4) is 0 Å². The van der Waals surface area contributed by atoms with Crippen LogP contribution in [0.25, 0.3) is 0 Å². The van der Waals surface area contributed by atoms with E-state index in [0.717, 1.165) is 17.7 Å². The Balaban J connectivity index is 1.89. The van der Waals surface area contributed by atoms with E-state index in [1.165, 1.54) is 0 Å². The molecule has 1 saturated heterocycles. The van der Waals surface area contributed by atoms with E-state index in [1.807, 2.05) is 0 Å². The van der Waals surface area contributed by atoms with Gasteiger partial charge in [-0.25, -0.2) is 4.79 Å². The molecule has 1 aliphatic heterocycles. The quantitative estimate of drug-likeness (QED) is 0.834. The minimum Gasteiger partial charge on any atom is -0.481 e. The molecule has 2 aliphatic rings. The van der Waals surface area contributed by atoms with Crippen LogP contribution >= 0.6 is 0 Å². The molecule has 0 aromatic heterocycles. The van der Waals surface area contributed by atoms with Crippen LogP contribution in [0.4, 0.5) is 18.0 Å². The molecular weight excluding hydrogens is 289 g/mol. The van der Waals surface area contributed by atoms with Crippen LogP contribution in [0.15, 0.2) is 0 Å². The Hall–Kier alpha value is -1.47. The third kappa shape index (κ3) is 3.59. The second-order valence-electron chi connectivity index (χ2n) is 5.85. The second-order valence-corrected chi connectivity index (χ2v) is 5.85. The summed E-state index contributed by atoms with van der Waals surface area (Å²) in [5.41, 5.74) is 0. The number of amides is 2. The van der Waals surface area contributed by atoms with Crippen LogP contribution in [0.2, 0.25) is 0 Å². The fraction of sp³-hybridized carbons (Fsp3) is 0.846. The first-order valence-corrected chi connectivity index (χ1v) is 7.06.